The smallest absolute Gasteiger partial charge is 0.207 e. The Labute approximate surface area is 132 Å². The van der Waals surface area contributed by atoms with E-state index in [-0.39, 0.29) is 0 Å². The highest BCUT2D eigenvalue weighted by atomic mass is 79.9. The number of unbranched alkanes of at least 4 members (excludes halogenated alkanes) is 1. The van der Waals surface area contributed by atoms with Crippen LogP contribution in [0.15, 0.2) is 26.0 Å². The molecule has 0 aliphatic rings. The fraction of sp³-hybridized carbons (Fsp3) is 0.538. The molecule has 0 bridgehead atoms. The van der Waals surface area contributed by atoms with Gasteiger partial charge in [-0.05, 0) is 47.0 Å². The van der Waals surface area contributed by atoms with Crippen molar-refractivity contribution in [2.24, 2.45) is 0 Å². The van der Waals surface area contributed by atoms with Gasteiger partial charge in [0.15, 0.2) is 0 Å². The Kier molecular flexibility index (Phi) is 6.50. The molecule has 0 aromatic heterocycles. The van der Waals surface area contributed by atoms with Crippen molar-refractivity contribution in [2.75, 3.05) is 13.1 Å². The summed E-state index contributed by atoms with van der Waals surface area (Å²) in [6, 6.07) is 3.49. The molecule has 1 rings (SSSR count). The molecule has 19 heavy (non-hydrogen) atoms. The molecule has 0 spiro atoms. The van der Waals surface area contributed by atoms with E-state index in [4.69, 9.17) is 0 Å². The van der Waals surface area contributed by atoms with Crippen molar-refractivity contribution in [1.29, 1.82) is 0 Å². The highest BCUT2D eigenvalue weighted by molar-refractivity contribution is 9.11. The van der Waals surface area contributed by atoms with E-state index >= 15 is 0 Å². The molecule has 1 aromatic rings. The monoisotopic (exact) mass is 411 g/mol. The molecule has 0 N–H and O–H groups in total. The molecule has 0 saturated heterocycles. The first-order chi connectivity index (χ1) is 8.84. The molecule has 0 heterocycles. The van der Waals surface area contributed by atoms with Crippen LogP contribution in [0.2, 0.25) is 0 Å². The molecule has 0 fully saturated rings. The molecule has 0 radical (unpaired) electrons. The maximum absolute atomic E-state index is 12.6. The first kappa shape index (κ1) is 17.1. The number of hydrogen-bond donors (Lipinski definition) is 0. The lowest BCUT2D eigenvalue weighted by atomic mass is 10.2. The lowest BCUT2D eigenvalue weighted by molar-refractivity contribution is 0.418. The summed E-state index contributed by atoms with van der Waals surface area (Å²) in [6.45, 7) is 6.90. The molecule has 0 amide bonds. The van der Waals surface area contributed by atoms with Crippen molar-refractivity contribution < 1.29 is 8.42 Å². The zero-order valence-electron chi connectivity index (χ0n) is 11.4. The van der Waals surface area contributed by atoms with Crippen LogP contribution in [0.5, 0.6) is 0 Å². The molecule has 0 atom stereocenters. The lowest BCUT2D eigenvalue weighted by Gasteiger charge is -2.21. The largest absolute Gasteiger partial charge is 0.244 e. The topological polar surface area (TPSA) is 37.4 Å². The van der Waals surface area contributed by atoms with Crippen molar-refractivity contribution in [3.63, 3.8) is 0 Å². The lowest BCUT2D eigenvalue weighted by Crippen LogP contribution is -2.32. The predicted molar refractivity (Wildman–Crippen MR) is 85.9 cm³/mol. The second-order valence-corrected chi connectivity index (χ2v) is 8.00. The van der Waals surface area contributed by atoms with E-state index in [1.807, 2.05) is 19.9 Å². The predicted octanol–water partition coefficient (Wildman–Crippen LogP) is 4.33. The van der Waals surface area contributed by atoms with Crippen molar-refractivity contribution in [1.82, 2.24) is 4.31 Å². The number of aryl methyl sites for hydroxylation is 1. The molecule has 108 valence electrons. The summed E-state index contributed by atoms with van der Waals surface area (Å²) in [5.74, 6) is 0. The highest BCUT2D eigenvalue weighted by Gasteiger charge is 2.25. The van der Waals surface area contributed by atoms with Gasteiger partial charge < -0.3 is 0 Å². The minimum atomic E-state index is -3.44. The third kappa shape index (κ3) is 4.03. The van der Waals surface area contributed by atoms with Gasteiger partial charge >= 0.3 is 0 Å². The van der Waals surface area contributed by atoms with E-state index in [1.165, 1.54) is 4.31 Å². The van der Waals surface area contributed by atoms with Crippen LogP contribution in [0, 0.1) is 6.92 Å². The Morgan fingerprint density at radius 3 is 2.32 bits per heavy atom. The number of nitrogens with zero attached hydrogens (tertiary/aromatic N) is 1. The molecule has 0 saturated carbocycles. The summed E-state index contributed by atoms with van der Waals surface area (Å²) in [6.07, 6.45) is 1.85. The summed E-state index contributed by atoms with van der Waals surface area (Å²) < 4.78 is 28.2. The van der Waals surface area contributed by atoms with E-state index in [0.29, 0.717) is 22.5 Å². The third-order valence-corrected chi connectivity index (χ3v) is 6.73. The van der Waals surface area contributed by atoms with Gasteiger partial charge in [0.1, 0.15) is 0 Å². The summed E-state index contributed by atoms with van der Waals surface area (Å²) in [4.78, 5) is 0.322. The second kappa shape index (κ2) is 7.20. The van der Waals surface area contributed by atoms with Crippen molar-refractivity contribution in [2.45, 2.75) is 38.5 Å². The van der Waals surface area contributed by atoms with Gasteiger partial charge in [0.05, 0.1) is 4.90 Å². The summed E-state index contributed by atoms with van der Waals surface area (Å²) in [5, 5.41) is 0. The van der Waals surface area contributed by atoms with Gasteiger partial charge in [0.25, 0.3) is 0 Å². The van der Waals surface area contributed by atoms with Crippen LogP contribution in [-0.2, 0) is 10.0 Å². The van der Waals surface area contributed by atoms with Crippen molar-refractivity contribution in [3.05, 3.63) is 26.6 Å². The van der Waals surface area contributed by atoms with E-state index in [2.05, 4.69) is 38.8 Å². The zero-order chi connectivity index (χ0) is 14.6. The second-order valence-electron chi connectivity index (χ2n) is 4.38. The van der Waals surface area contributed by atoms with E-state index in [1.54, 1.807) is 6.07 Å². The minimum absolute atomic E-state index is 0.322. The summed E-state index contributed by atoms with van der Waals surface area (Å²) >= 11 is 6.75. The number of rotatable bonds is 6. The average molecular weight is 413 g/mol. The number of hydrogen-bond acceptors (Lipinski definition) is 2. The van der Waals surface area contributed by atoms with E-state index in [9.17, 15) is 8.42 Å². The maximum atomic E-state index is 12.6. The van der Waals surface area contributed by atoms with Gasteiger partial charge in [-0.25, -0.2) is 8.42 Å². The Bertz CT molecular complexity index is 544. The Morgan fingerprint density at radius 2 is 1.79 bits per heavy atom. The van der Waals surface area contributed by atoms with Gasteiger partial charge in [-0.15, -0.1) is 0 Å². The summed E-state index contributed by atoms with van der Waals surface area (Å²) in [7, 11) is -3.44. The quantitative estimate of drug-likeness (QED) is 0.697. The normalized spacial score (nSPS) is 12.1. The van der Waals surface area contributed by atoms with Crippen LogP contribution in [0.3, 0.4) is 0 Å². The van der Waals surface area contributed by atoms with Crippen LogP contribution in [0.1, 0.15) is 32.3 Å². The first-order valence-electron chi connectivity index (χ1n) is 6.30. The zero-order valence-corrected chi connectivity index (χ0v) is 15.4. The minimum Gasteiger partial charge on any atom is -0.207 e. The van der Waals surface area contributed by atoms with Crippen LogP contribution in [0.4, 0.5) is 0 Å². The Balaban J connectivity index is 3.22. The molecule has 0 unspecified atom stereocenters. The van der Waals surface area contributed by atoms with E-state index < -0.39 is 10.0 Å². The van der Waals surface area contributed by atoms with Gasteiger partial charge in [0, 0.05) is 22.0 Å². The SMILES string of the molecule is CCCCN(CC)S(=O)(=O)c1cc(Br)c(C)cc1Br. The van der Waals surface area contributed by atoms with Gasteiger partial charge in [-0.3, -0.25) is 0 Å². The molecular formula is C13H19Br2NO2S. The standard InChI is InChI=1S/C13H19Br2NO2S/c1-4-6-7-16(5-2)19(17,18)13-9-11(14)10(3)8-12(13)15/h8-9H,4-7H2,1-3H3. The van der Waals surface area contributed by atoms with Crippen LogP contribution in [-0.4, -0.2) is 25.8 Å². The molecule has 0 aliphatic carbocycles. The number of benzene rings is 1. The van der Waals surface area contributed by atoms with Gasteiger partial charge in [0.2, 0.25) is 10.0 Å². The average Bonchev–Trinajstić information content (AvgIpc) is 2.34. The molecular weight excluding hydrogens is 394 g/mol. The van der Waals surface area contributed by atoms with E-state index in [0.717, 1.165) is 22.9 Å². The Hall–Kier alpha value is 0.0900. The fourth-order valence-corrected chi connectivity index (χ4v) is 4.87. The summed E-state index contributed by atoms with van der Waals surface area (Å²) in [5.41, 5.74) is 1.00. The van der Waals surface area contributed by atoms with Crippen LogP contribution < -0.4 is 0 Å². The van der Waals surface area contributed by atoms with Crippen molar-refractivity contribution >= 4 is 41.9 Å². The molecule has 1 aromatic carbocycles. The number of sulfonamides is 1. The van der Waals surface area contributed by atoms with Gasteiger partial charge in [-0.1, -0.05) is 36.2 Å². The number of halogens is 2. The van der Waals surface area contributed by atoms with Gasteiger partial charge in [-0.2, -0.15) is 4.31 Å². The van der Waals surface area contributed by atoms with Crippen molar-refractivity contribution in [3.8, 4) is 0 Å². The Morgan fingerprint density at radius 1 is 1.16 bits per heavy atom. The molecule has 3 nitrogen and oxygen atoms in total. The maximum Gasteiger partial charge on any atom is 0.244 e. The fourth-order valence-electron chi connectivity index (χ4n) is 1.75. The third-order valence-electron chi connectivity index (χ3n) is 2.94. The highest BCUT2D eigenvalue weighted by Crippen LogP contribution is 2.30. The van der Waals surface area contributed by atoms with Crippen LogP contribution >= 0.6 is 31.9 Å². The first-order valence-corrected chi connectivity index (χ1v) is 9.33. The van der Waals surface area contributed by atoms with Crippen LogP contribution in [0.25, 0.3) is 0 Å². The molecule has 0 aliphatic heterocycles. The molecule has 6 heteroatoms.